The lowest BCUT2D eigenvalue weighted by Crippen LogP contribution is -2.18. The van der Waals surface area contributed by atoms with E-state index < -0.39 is 19.9 Å². The maximum Gasteiger partial charge on any atom is 0.276 e. The summed E-state index contributed by atoms with van der Waals surface area (Å²) in [6, 6.07) is 6.99. The molecule has 136 valence electrons. The first-order valence-electron chi connectivity index (χ1n) is 6.85. The molecule has 0 heterocycles. The highest BCUT2D eigenvalue weighted by Crippen LogP contribution is 2.22. The number of nitro groups is 2. The number of nitro benzene ring substituents is 2. The number of rotatable bonds is 6. The maximum absolute atomic E-state index is 12.2. The number of nitrogens with zero attached hydrogens (tertiary/aromatic N) is 3. The molecule has 0 saturated carbocycles. The van der Waals surface area contributed by atoms with E-state index in [1.165, 1.54) is 31.2 Å². The highest BCUT2D eigenvalue weighted by molar-refractivity contribution is 7.89. The Bertz CT molecular complexity index is 1020. The lowest BCUT2D eigenvalue weighted by Gasteiger charge is -2.05. The number of nitrogens with one attached hydrogen (secondary N) is 1. The quantitative estimate of drug-likeness (QED) is 0.449. The van der Waals surface area contributed by atoms with E-state index in [1.54, 1.807) is 0 Å². The van der Waals surface area contributed by atoms with Gasteiger partial charge in [0, 0.05) is 34.3 Å². The van der Waals surface area contributed by atoms with Crippen LogP contribution >= 0.6 is 11.6 Å². The maximum atomic E-state index is 12.2. The summed E-state index contributed by atoms with van der Waals surface area (Å²) in [7, 11) is -4.17. The van der Waals surface area contributed by atoms with Crippen LogP contribution in [0, 0.1) is 27.2 Å². The monoisotopic (exact) mass is 398 g/mol. The van der Waals surface area contributed by atoms with Crippen LogP contribution in [0.2, 0.25) is 5.02 Å². The van der Waals surface area contributed by atoms with Crippen molar-refractivity contribution in [3.63, 3.8) is 0 Å². The smallest absolute Gasteiger partial charge is 0.258 e. The zero-order valence-electron chi connectivity index (χ0n) is 13.1. The van der Waals surface area contributed by atoms with Crippen LogP contribution in [0.4, 0.5) is 11.4 Å². The van der Waals surface area contributed by atoms with Crippen molar-refractivity contribution in [1.29, 1.82) is 0 Å². The van der Waals surface area contributed by atoms with Gasteiger partial charge >= 0.3 is 0 Å². The van der Waals surface area contributed by atoms with Crippen LogP contribution in [0.25, 0.3) is 0 Å². The van der Waals surface area contributed by atoms with Crippen molar-refractivity contribution >= 4 is 39.2 Å². The van der Waals surface area contributed by atoms with Crippen molar-refractivity contribution in [1.82, 2.24) is 4.83 Å². The number of hydrogen-bond donors (Lipinski definition) is 1. The van der Waals surface area contributed by atoms with Crippen molar-refractivity contribution < 1.29 is 18.3 Å². The van der Waals surface area contributed by atoms with E-state index >= 15 is 0 Å². The highest BCUT2D eigenvalue weighted by atomic mass is 35.5. The fraction of sp³-hybridized carbons (Fsp3) is 0.0714. The Morgan fingerprint density at radius 3 is 2.42 bits per heavy atom. The molecule has 26 heavy (non-hydrogen) atoms. The Morgan fingerprint density at radius 1 is 1.12 bits per heavy atom. The number of benzene rings is 2. The summed E-state index contributed by atoms with van der Waals surface area (Å²) in [5.41, 5.74) is -0.161. The summed E-state index contributed by atoms with van der Waals surface area (Å²) in [6.45, 7) is 1.48. The van der Waals surface area contributed by atoms with E-state index in [4.69, 9.17) is 11.6 Å². The molecular weight excluding hydrogens is 388 g/mol. The van der Waals surface area contributed by atoms with E-state index in [2.05, 4.69) is 5.10 Å². The number of non-ortho nitro benzene ring substituents is 1. The molecule has 1 N–H and O–H groups in total. The van der Waals surface area contributed by atoms with Gasteiger partial charge in [-0.2, -0.15) is 13.5 Å². The molecule has 0 aliphatic carbocycles. The summed E-state index contributed by atoms with van der Waals surface area (Å²) in [5, 5.41) is 25.3. The Kier molecular flexibility index (Phi) is 5.53. The first kappa shape index (κ1) is 19.3. The third-order valence-electron chi connectivity index (χ3n) is 3.25. The van der Waals surface area contributed by atoms with Crippen LogP contribution < -0.4 is 4.83 Å². The highest BCUT2D eigenvalue weighted by Gasteiger charge is 2.19. The molecule has 0 fully saturated rings. The summed E-state index contributed by atoms with van der Waals surface area (Å²) >= 11 is 5.87. The Balaban J connectivity index is 2.27. The van der Waals surface area contributed by atoms with Crippen LogP contribution in [-0.2, 0) is 10.0 Å². The van der Waals surface area contributed by atoms with Gasteiger partial charge in [-0.05, 0) is 19.1 Å². The second-order valence-electron chi connectivity index (χ2n) is 5.02. The topological polar surface area (TPSA) is 145 Å². The summed E-state index contributed by atoms with van der Waals surface area (Å²) in [4.78, 5) is 21.9. The molecule has 0 aliphatic heterocycles. The molecule has 12 heteroatoms. The third-order valence-corrected chi connectivity index (χ3v) is 4.82. The molecule has 0 aromatic heterocycles. The normalized spacial score (nSPS) is 11.5. The number of sulfonamides is 1. The van der Waals surface area contributed by atoms with Crippen LogP contribution in [0.15, 0.2) is 46.4 Å². The van der Waals surface area contributed by atoms with E-state index in [1.807, 2.05) is 4.83 Å². The molecular formula is C14H11ClN4O6S. The molecule has 0 saturated heterocycles. The molecule has 0 bridgehead atoms. The van der Waals surface area contributed by atoms with Crippen molar-refractivity contribution in [2.45, 2.75) is 11.8 Å². The van der Waals surface area contributed by atoms with E-state index in [-0.39, 0.29) is 26.9 Å². The molecule has 0 atom stereocenters. The zero-order valence-corrected chi connectivity index (χ0v) is 14.7. The Hall–Kier alpha value is -3.05. The fourth-order valence-corrected chi connectivity index (χ4v) is 2.89. The van der Waals surface area contributed by atoms with Gasteiger partial charge in [0.1, 0.15) is 0 Å². The summed E-state index contributed by atoms with van der Waals surface area (Å²) < 4.78 is 24.4. The SMILES string of the molecule is Cc1ccc(S(=O)(=O)N/N=C/c2cc([N+](=O)[O-])ccc2Cl)cc1[N+](=O)[O-]. The van der Waals surface area contributed by atoms with Gasteiger partial charge in [0.25, 0.3) is 21.4 Å². The molecule has 0 unspecified atom stereocenters. The predicted molar refractivity (Wildman–Crippen MR) is 93.9 cm³/mol. The van der Waals surface area contributed by atoms with E-state index in [9.17, 15) is 28.6 Å². The first-order valence-corrected chi connectivity index (χ1v) is 8.72. The van der Waals surface area contributed by atoms with Crippen molar-refractivity contribution in [2.24, 2.45) is 5.10 Å². The van der Waals surface area contributed by atoms with Crippen molar-refractivity contribution in [3.8, 4) is 0 Å². The van der Waals surface area contributed by atoms with Gasteiger partial charge in [0.15, 0.2) is 0 Å². The van der Waals surface area contributed by atoms with Crippen LogP contribution in [0.5, 0.6) is 0 Å². The largest absolute Gasteiger partial charge is 0.276 e. The number of halogens is 1. The second-order valence-corrected chi connectivity index (χ2v) is 7.09. The molecule has 0 amide bonds. The van der Waals surface area contributed by atoms with Crippen LogP contribution in [0.1, 0.15) is 11.1 Å². The number of aryl methyl sites for hydroxylation is 1. The summed E-state index contributed by atoms with van der Waals surface area (Å²) in [6.07, 6.45) is 0.996. The van der Waals surface area contributed by atoms with Crippen molar-refractivity contribution in [3.05, 3.63) is 72.8 Å². The lowest BCUT2D eigenvalue weighted by atomic mass is 10.2. The van der Waals surface area contributed by atoms with Gasteiger partial charge in [-0.1, -0.05) is 17.7 Å². The third kappa shape index (κ3) is 4.32. The standard InChI is InChI=1S/C14H11ClN4O6S/c1-9-2-4-12(7-14(9)19(22)23)26(24,25)17-16-8-10-6-11(18(20)21)3-5-13(10)15/h2-8,17H,1H3/b16-8+. The lowest BCUT2D eigenvalue weighted by molar-refractivity contribution is -0.385. The molecule has 2 rings (SSSR count). The molecule has 0 aliphatic rings. The molecule has 2 aromatic carbocycles. The average molecular weight is 399 g/mol. The molecule has 10 nitrogen and oxygen atoms in total. The minimum Gasteiger partial charge on any atom is -0.258 e. The van der Waals surface area contributed by atoms with Gasteiger partial charge in [-0.25, -0.2) is 4.83 Å². The van der Waals surface area contributed by atoms with E-state index in [0.717, 1.165) is 18.3 Å². The fourth-order valence-electron chi connectivity index (χ4n) is 1.91. The van der Waals surface area contributed by atoms with Crippen molar-refractivity contribution in [2.75, 3.05) is 0 Å². The minimum absolute atomic E-state index is 0.124. The number of hydrazone groups is 1. The van der Waals surface area contributed by atoms with Gasteiger partial charge < -0.3 is 0 Å². The Morgan fingerprint density at radius 2 is 1.81 bits per heavy atom. The van der Waals surface area contributed by atoms with Gasteiger partial charge in [0.2, 0.25) is 0 Å². The molecule has 2 aromatic rings. The van der Waals surface area contributed by atoms with E-state index in [0.29, 0.717) is 5.56 Å². The zero-order chi connectivity index (χ0) is 19.5. The van der Waals surface area contributed by atoms with Gasteiger partial charge in [-0.15, -0.1) is 0 Å². The first-order chi connectivity index (χ1) is 12.1. The summed E-state index contributed by atoms with van der Waals surface area (Å²) in [5.74, 6) is 0. The van der Waals surface area contributed by atoms with Crippen LogP contribution in [-0.4, -0.2) is 24.5 Å². The molecule has 0 spiro atoms. The number of hydrogen-bond acceptors (Lipinski definition) is 7. The minimum atomic E-state index is -4.17. The second kappa shape index (κ2) is 7.45. The average Bonchev–Trinajstić information content (AvgIpc) is 2.56. The Labute approximate surface area is 152 Å². The molecule has 0 radical (unpaired) electrons. The van der Waals surface area contributed by atoms with Gasteiger partial charge in [0.05, 0.1) is 21.0 Å². The van der Waals surface area contributed by atoms with Crippen LogP contribution in [0.3, 0.4) is 0 Å². The van der Waals surface area contributed by atoms with Gasteiger partial charge in [-0.3, -0.25) is 20.2 Å². The predicted octanol–water partition coefficient (Wildman–Crippen LogP) is 2.78.